The Hall–Kier alpha value is -1.77. The molecule has 0 aliphatic carbocycles. The highest BCUT2D eigenvalue weighted by atomic mass is 32.5. The highest BCUT2D eigenvalue weighted by molar-refractivity contribution is 8.45. The van der Waals surface area contributed by atoms with Crippen molar-refractivity contribution in [3.05, 3.63) is 34.6 Å². The fourth-order valence-electron chi connectivity index (χ4n) is 1.57. The summed E-state index contributed by atoms with van der Waals surface area (Å²) in [6.07, 6.45) is 0. The molecule has 3 nitrogen and oxygen atoms in total. The van der Waals surface area contributed by atoms with Gasteiger partial charge in [-0.1, -0.05) is 19.4 Å². The Balaban J connectivity index is 2.83. The normalized spacial score (nSPS) is 15.9. The molecule has 9 heteroatoms. The first kappa shape index (κ1) is 13.7. The van der Waals surface area contributed by atoms with Gasteiger partial charge in [0.05, 0.1) is 12.6 Å². The summed E-state index contributed by atoms with van der Waals surface area (Å²) in [6.45, 7) is 0. The van der Waals surface area contributed by atoms with Crippen LogP contribution in [0.3, 0.4) is 0 Å². The van der Waals surface area contributed by atoms with Crippen LogP contribution in [0.1, 0.15) is 0 Å². The second kappa shape index (κ2) is 3.21. The third kappa shape index (κ3) is 2.65. The minimum Gasteiger partial charge on any atom is -0.497 e. The number of benzene rings is 1. The Morgan fingerprint density at radius 3 is 2.26 bits per heavy atom. The van der Waals surface area contributed by atoms with Gasteiger partial charge in [0.25, 0.3) is 5.56 Å². The third-order valence-corrected chi connectivity index (χ3v) is 3.57. The molecule has 1 aromatic carbocycles. The smallest absolute Gasteiger partial charge is 0.315 e. The van der Waals surface area contributed by atoms with Crippen LogP contribution >= 0.6 is 10.2 Å². The summed E-state index contributed by atoms with van der Waals surface area (Å²) in [5.41, 5.74) is -1.89. The van der Waals surface area contributed by atoms with E-state index < -0.39 is 20.7 Å². The van der Waals surface area contributed by atoms with E-state index in [9.17, 15) is 24.2 Å². The van der Waals surface area contributed by atoms with Gasteiger partial charge in [-0.25, -0.2) is 0 Å². The predicted octanol–water partition coefficient (Wildman–Crippen LogP) is 4.19. The van der Waals surface area contributed by atoms with Crippen LogP contribution in [0.25, 0.3) is 10.9 Å². The molecule has 19 heavy (non-hydrogen) atoms. The number of aromatic amines is 1. The van der Waals surface area contributed by atoms with E-state index in [1.54, 1.807) is 4.98 Å². The van der Waals surface area contributed by atoms with E-state index in [1.807, 2.05) is 0 Å². The summed E-state index contributed by atoms with van der Waals surface area (Å²) in [4.78, 5) is 10.6. The molecule has 2 aromatic rings. The van der Waals surface area contributed by atoms with E-state index in [2.05, 4.69) is 0 Å². The summed E-state index contributed by atoms with van der Waals surface area (Å²) in [5, 5.41) is -0.163. The molecular formula is C10H8F5NO2S. The zero-order valence-electron chi connectivity index (χ0n) is 9.42. The van der Waals surface area contributed by atoms with Crippen molar-refractivity contribution in [1.82, 2.24) is 4.98 Å². The molecule has 1 N–H and O–H groups in total. The molecule has 106 valence electrons. The number of halogens is 5. The Morgan fingerprint density at radius 2 is 1.74 bits per heavy atom. The number of fused-ring (bicyclic) bond motifs is 1. The van der Waals surface area contributed by atoms with E-state index in [0.717, 1.165) is 6.07 Å². The van der Waals surface area contributed by atoms with Crippen molar-refractivity contribution in [2.24, 2.45) is 0 Å². The molecule has 0 aliphatic rings. The van der Waals surface area contributed by atoms with Crippen LogP contribution < -0.4 is 10.3 Å². The first-order valence-corrected chi connectivity index (χ1v) is 6.81. The lowest BCUT2D eigenvalue weighted by Crippen LogP contribution is -2.20. The summed E-state index contributed by atoms with van der Waals surface area (Å²) in [6, 6.07) is 3.84. The molecule has 1 aromatic heterocycles. The first-order chi connectivity index (χ1) is 8.40. The molecule has 0 amide bonds. The molecule has 1 heterocycles. The quantitative estimate of drug-likeness (QED) is 0.845. The molecule has 0 unspecified atom stereocenters. The number of methoxy groups -OCH3 is 1. The number of hydrogen-bond donors (Lipinski definition) is 1. The topological polar surface area (TPSA) is 42.1 Å². The standard InChI is InChI=1S/C10H8F5NO2S/c1-18-7-3-2-6-4-9(19(11,12,13,14)15)10(17)16-8(6)5-7/h2-5H,1H3,(H,16,17). The fourth-order valence-corrected chi connectivity index (χ4v) is 2.32. The summed E-state index contributed by atoms with van der Waals surface area (Å²) in [7, 11) is -8.68. The fraction of sp³-hybridized carbons (Fsp3) is 0.100. The van der Waals surface area contributed by atoms with Crippen molar-refractivity contribution in [1.29, 1.82) is 0 Å². The molecule has 0 saturated carbocycles. The number of rotatable bonds is 2. The van der Waals surface area contributed by atoms with E-state index in [1.165, 1.54) is 19.2 Å². The van der Waals surface area contributed by atoms with Gasteiger partial charge < -0.3 is 9.72 Å². The van der Waals surface area contributed by atoms with Gasteiger partial charge in [0.15, 0.2) is 4.90 Å². The van der Waals surface area contributed by atoms with Gasteiger partial charge in [0, 0.05) is 6.07 Å². The van der Waals surface area contributed by atoms with Crippen molar-refractivity contribution in [2.75, 3.05) is 7.11 Å². The Morgan fingerprint density at radius 1 is 1.11 bits per heavy atom. The van der Waals surface area contributed by atoms with Crippen LogP contribution in [-0.2, 0) is 0 Å². The maximum Gasteiger partial charge on any atom is 0.315 e. The minimum absolute atomic E-state index is 0.0186. The third-order valence-electron chi connectivity index (χ3n) is 2.43. The van der Waals surface area contributed by atoms with E-state index in [4.69, 9.17) is 4.74 Å². The van der Waals surface area contributed by atoms with Gasteiger partial charge >= 0.3 is 10.2 Å². The highest BCUT2D eigenvalue weighted by Crippen LogP contribution is 3.01. The summed E-state index contributed by atoms with van der Waals surface area (Å²) in [5.74, 6) is 0.281. The van der Waals surface area contributed by atoms with E-state index >= 15 is 0 Å². The largest absolute Gasteiger partial charge is 0.497 e. The van der Waals surface area contributed by atoms with Crippen molar-refractivity contribution in [3.63, 3.8) is 0 Å². The lowest BCUT2D eigenvalue weighted by Gasteiger charge is -2.39. The molecule has 0 aliphatic heterocycles. The maximum absolute atomic E-state index is 12.6. The van der Waals surface area contributed by atoms with Gasteiger partial charge in [-0.2, -0.15) is 0 Å². The van der Waals surface area contributed by atoms with Crippen molar-refractivity contribution < 1.29 is 24.2 Å². The molecule has 2 rings (SSSR count). The van der Waals surface area contributed by atoms with Crippen molar-refractivity contribution in [3.8, 4) is 5.75 Å². The van der Waals surface area contributed by atoms with Crippen LogP contribution in [0, 0.1) is 0 Å². The zero-order valence-corrected chi connectivity index (χ0v) is 10.2. The SMILES string of the molecule is COc1ccc2cc(S(F)(F)(F)(F)F)c(=O)[nH]c2c1. The predicted molar refractivity (Wildman–Crippen MR) is 62.5 cm³/mol. The minimum atomic E-state index is -10.0. The van der Waals surface area contributed by atoms with Gasteiger partial charge in [-0.15, -0.1) is 0 Å². The molecule has 0 spiro atoms. The number of pyridine rings is 1. The van der Waals surface area contributed by atoms with Crippen LogP contribution in [-0.4, -0.2) is 12.1 Å². The molecule has 0 radical (unpaired) electrons. The zero-order chi connectivity index (χ0) is 14.5. The van der Waals surface area contributed by atoms with Crippen LogP contribution in [0.2, 0.25) is 0 Å². The summed E-state index contributed by atoms with van der Waals surface area (Å²) < 4.78 is 68.0. The van der Waals surface area contributed by atoms with Gasteiger partial charge in [0.2, 0.25) is 0 Å². The Bertz CT molecular complexity index is 722. The molecule has 0 bridgehead atoms. The highest BCUT2D eigenvalue weighted by Gasteiger charge is 2.67. The van der Waals surface area contributed by atoms with Crippen LogP contribution in [0.4, 0.5) is 19.4 Å². The van der Waals surface area contributed by atoms with Gasteiger partial charge in [-0.3, -0.25) is 4.79 Å². The number of ether oxygens (including phenoxy) is 1. The molecular weight excluding hydrogens is 293 g/mol. The Labute approximate surface area is 103 Å². The average Bonchev–Trinajstić information content (AvgIpc) is 2.23. The number of hydrogen-bond acceptors (Lipinski definition) is 2. The van der Waals surface area contributed by atoms with Crippen molar-refractivity contribution in [2.45, 2.75) is 4.90 Å². The lowest BCUT2D eigenvalue weighted by atomic mass is 10.2. The average molecular weight is 301 g/mol. The Kier molecular flexibility index (Phi) is 2.31. The van der Waals surface area contributed by atoms with Crippen LogP contribution in [0.15, 0.2) is 34.0 Å². The van der Waals surface area contributed by atoms with E-state index in [0.29, 0.717) is 0 Å². The van der Waals surface area contributed by atoms with Crippen LogP contribution in [0.5, 0.6) is 5.75 Å². The molecule has 0 saturated heterocycles. The lowest BCUT2D eigenvalue weighted by molar-refractivity contribution is 0.362. The van der Waals surface area contributed by atoms with Gasteiger partial charge in [-0.05, 0) is 23.6 Å². The summed E-state index contributed by atoms with van der Waals surface area (Å²) >= 11 is 0. The monoisotopic (exact) mass is 301 g/mol. The number of H-pyrrole nitrogens is 1. The second-order valence-corrected chi connectivity index (χ2v) is 6.26. The maximum atomic E-state index is 12.6. The second-order valence-electron chi connectivity index (χ2n) is 3.88. The van der Waals surface area contributed by atoms with E-state index in [-0.39, 0.29) is 22.7 Å². The molecule has 0 atom stereocenters. The first-order valence-electron chi connectivity index (χ1n) is 4.86. The number of nitrogens with one attached hydrogen (secondary N) is 1. The molecule has 0 fully saturated rings. The van der Waals surface area contributed by atoms with Crippen molar-refractivity contribution >= 4 is 21.1 Å². The van der Waals surface area contributed by atoms with Gasteiger partial charge in [0.1, 0.15) is 5.75 Å². The number of aromatic nitrogens is 1.